The molecule has 2 heterocycles. The van der Waals surface area contributed by atoms with E-state index in [9.17, 15) is 4.79 Å². The summed E-state index contributed by atoms with van der Waals surface area (Å²) in [5, 5.41) is 2.83. The van der Waals surface area contributed by atoms with Gasteiger partial charge in [0.2, 0.25) is 5.91 Å². The van der Waals surface area contributed by atoms with Crippen molar-refractivity contribution in [3.63, 3.8) is 0 Å². The van der Waals surface area contributed by atoms with Crippen LogP contribution in [0.2, 0.25) is 0 Å². The van der Waals surface area contributed by atoms with Crippen LogP contribution in [0.5, 0.6) is 0 Å². The molecule has 3 rings (SSSR count). The third kappa shape index (κ3) is 3.83. The van der Waals surface area contributed by atoms with Crippen molar-refractivity contribution < 1.29 is 4.79 Å². The Morgan fingerprint density at radius 3 is 2.41 bits per heavy atom. The Balaban J connectivity index is 1.47. The SMILES string of the molecule is O=C(CN1CCN(c2ccccc2)CC1)Nc1ccccn1. The first kappa shape index (κ1) is 14.5. The average Bonchev–Trinajstić information content (AvgIpc) is 2.57. The Bertz CT molecular complexity index is 595. The van der Waals surface area contributed by atoms with Gasteiger partial charge >= 0.3 is 0 Å². The van der Waals surface area contributed by atoms with Crippen LogP contribution < -0.4 is 10.2 Å². The van der Waals surface area contributed by atoms with Gasteiger partial charge in [0.05, 0.1) is 6.54 Å². The zero-order chi connectivity index (χ0) is 15.2. The fraction of sp³-hybridized carbons (Fsp3) is 0.294. The zero-order valence-electron chi connectivity index (χ0n) is 12.5. The molecule has 0 atom stereocenters. The van der Waals surface area contributed by atoms with Crippen LogP contribution in [-0.4, -0.2) is 48.5 Å². The molecule has 1 aromatic heterocycles. The van der Waals surface area contributed by atoms with Crippen LogP contribution in [0.25, 0.3) is 0 Å². The molecule has 1 N–H and O–H groups in total. The quantitative estimate of drug-likeness (QED) is 0.935. The van der Waals surface area contributed by atoms with Gasteiger partial charge in [-0.25, -0.2) is 4.98 Å². The molecule has 1 amide bonds. The number of anilines is 2. The van der Waals surface area contributed by atoms with E-state index >= 15 is 0 Å². The van der Waals surface area contributed by atoms with E-state index in [0.717, 1.165) is 26.2 Å². The molecule has 5 heteroatoms. The van der Waals surface area contributed by atoms with Crippen molar-refractivity contribution in [2.45, 2.75) is 0 Å². The molecular formula is C17H20N4O. The van der Waals surface area contributed by atoms with Crippen LogP contribution in [-0.2, 0) is 4.79 Å². The van der Waals surface area contributed by atoms with Gasteiger partial charge in [-0.15, -0.1) is 0 Å². The molecule has 1 saturated heterocycles. The molecule has 1 aliphatic rings. The highest BCUT2D eigenvalue weighted by atomic mass is 16.2. The highest BCUT2D eigenvalue weighted by Crippen LogP contribution is 2.15. The first-order chi connectivity index (χ1) is 10.8. The Labute approximate surface area is 130 Å². The average molecular weight is 296 g/mol. The zero-order valence-corrected chi connectivity index (χ0v) is 12.5. The first-order valence-corrected chi connectivity index (χ1v) is 7.54. The second kappa shape index (κ2) is 7.04. The summed E-state index contributed by atoms with van der Waals surface area (Å²) in [6.07, 6.45) is 1.67. The van der Waals surface area contributed by atoms with Crippen LogP contribution in [0, 0.1) is 0 Å². The number of carbonyl (C=O) groups is 1. The maximum Gasteiger partial charge on any atom is 0.239 e. The van der Waals surface area contributed by atoms with E-state index in [4.69, 9.17) is 0 Å². The van der Waals surface area contributed by atoms with E-state index in [1.165, 1.54) is 5.69 Å². The summed E-state index contributed by atoms with van der Waals surface area (Å²) in [4.78, 5) is 20.7. The monoisotopic (exact) mass is 296 g/mol. The molecule has 1 aliphatic heterocycles. The van der Waals surface area contributed by atoms with E-state index < -0.39 is 0 Å². The van der Waals surface area contributed by atoms with Gasteiger partial charge in [-0.05, 0) is 24.3 Å². The lowest BCUT2D eigenvalue weighted by molar-refractivity contribution is -0.117. The fourth-order valence-electron chi connectivity index (χ4n) is 2.63. The number of hydrogen-bond donors (Lipinski definition) is 1. The van der Waals surface area contributed by atoms with Crippen molar-refractivity contribution in [3.05, 3.63) is 54.7 Å². The fourth-order valence-corrected chi connectivity index (χ4v) is 2.63. The number of pyridine rings is 1. The van der Waals surface area contributed by atoms with Gasteiger partial charge in [0.25, 0.3) is 0 Å². The molecule has 114 valence electrons. The maximum absolute atomic E-state index is 12.0. The lowest BCUT2D eigenvalue weighted by atomic mass is 10.2. The molecule has 0 radical (unpaired) electrons. The molecule has 0 saturated carbocycles. The van der Waals surface area contributed by atoms with Crippen LogP contribution in [0.3, 0.4) is 0 Å². The number of amides is 1. The highest BCUT2D eigenvalue weighted by molar-refractivity contribution is 5.91. The smallest absolute Gasteiger partial charge is 0.239 e. The topological polar surface area (TPSA) is 48.5 Å². The number of piperazine rings is 1. The predicted molar refractivity (Wildman–Crippen MR) is 88.0 cm³/mol. The van der Waals surface area contributed by atoms with Crippen molar-refractivity contribution in [3.8, 4) is 0 Å². The van der Waals surface area contributed by atoms with Gasteiger partial charge in [-0.2, -0.15) is 0 Å². The van der Waals surface area contributed by atoms with Crippen molar-refractivity contribution >= 4 is 17.4 Å². The normalized spacial score (nSPS) is 15.5. The van der Waals surface area contributed by atoms with E-state index in [1.54, 1.807) is 12.3 Å². The summed E-state index contributed by atoms with van der Waals surface area (Å²) in [5.41, 5.74) is 1.25. The summed E-state index contributed by atoms with van der Waals surface area (Å²) in [6.45, 7) is 4.09. The summed E-state index contributed by atoms with van der Waals surface area (Å²) < 4.78 is 0. The Hall–Kier alpha value is -2.40. The molecule has 0 spiro atoms. The predicted octanol–water partition coefficient (Wildman–Crippen LogP) is 1.84. The van der Waals surface area contributed by atoms with Gasteiger partial charge in [-0.3, -0.25) is 9.69 Å². The number of aromatic nitrogens is 1. The van der Waals surface area contributed by atoms with Gasteiger partial charge in [0.15, 0.2) is 0 Å². The number of hydrogen-bond acceptors (Lipinski definition) is 4. The summed E-state index contributed by atoms with van der Waals surface area (Å²) in [5.74, 6) is 0.599. The molecule has 1 aromatic carbocycles. The standard InChI is InChI=1S/C17H20N4O/c22-17(19-16-8-4-5-9-18-16)14-20-10-12-21(13-11-20)15-6-2-1-3-7-15/h1-9H,10-14H2,(H,18,19,22). The molecular weight excluding hydrogens is 276 g/mol. The molecule has 22 heavy (non-hydrogen) atoms. The first-order valence-electron chi connectivity index (χ1n) is 7.54. The third-order valence-electron chi connectivity index (χ3n) is 3.79. The van der Waals surface area contributed by atoms with Gasteiger partial charge in [-0.1, -0.05) is 24.3 Å². The molecule has 2 aromatic rings. The van der Waals surface area contributed by atoms with E-state index in [1.807, 2.05) is 18.2 Å². The van der Waals surface area contributed by atoms with Gasteiger partial charge in [0, 0.05) is 38.1 Å². The van der Waals surface area contributed by atoms with E-state index in [-0.39, 0.29) is 5.91 Å². The number of rotatable bonds is 4. The number of nitrogens with zero attached hydrogens (tertiary/aromatic N) is 3. The Kier molecular flexibility index (Phi) is 4.65. The molecule has 0 bridgehead atoms. The minimum atomic E-state index is -0.00754. The van der Waals surface area contributed by atoms with Crippen LogP contribution >= 0.6 is 0 Å². The third-order valence-corrected chi connectivity index (χ3v) is 3.79. The summed E-state index contributed by atoms with van der Waals surface area (Å²) in [7, 11) is 0. The lowest BCUT2D eigenvalue weighted by Gasteiger charge is -2.35. The lowest BCUT2D eigenvalue weighted by Crippen LogP contribution is -2.48. The number of nitrogens with one attached hydrogen (secondary N) is 1. The van der Waals surface area contributed by atoms with Crippen LogP contribution in [0.4, 0.5) is 11.5 Å². The Morgan fingerprint density at radius 1 is 1.00 bits per heavy atom. The van der Waals surface area contributed by atoms with Crippen molar-refractivity contribution in [1.29, 1.82) is 0 Å². The number of para-hydroxylation sites is 1. The largest absolute Gasteiger partial charge is 0.369 e. The highest BCUT2D eigenvalue weighted by Gasteiger charge is 2.19. The molecule has 1 fully saturated rings. The van der Waals surface area contributed by atoms with Crippen LogP contribution in [0.1, 0.15) is 0 Å². The molecule has 5 nitrogen and oxygen atoms in total. The molecule has 0 unspecified atom stereocenters. The number of benzene rings is 1. The minimum absolute atomic E-state index is 0.00754. The second-order valence-electron chi connectivity index (χ2n) is 5.36. The van der Waals surface area contributed by atoms with Crippen molar-refractivity contribution in [2.75, 3.05) is 42.9 Å². The Morgan fingerprint density at radius 2 is 1.73 bits per heavy atom. The number of carbonyl (C=O) groups excluding carboxylic acids is 1. The van der Waals surface area contributed by atoms with Crippen molar-refractivity contribution in [1.82, 2.24) is 9.88 Å². The second-order valence-corrected chi connectivity index (χ2v) is 5.36. The van der Waals surface area contributed by atoms with E-state index in [2.05, 4.69) is 44.4 Å². The van der Waals surface area contributed by atoms with Crippen LogP contribution in [0.15, 0.2) is 54.7 Å². The summed E-state index contributed by atoms with van der Waals surface area (Å²) >= 11 is 0. The minimum Gasteiger partial charge on any atom is -0.369 e. The van der Waals surface area contributed by atoms with Gasteiger partial charge < -0.3 is 10.2 Å². The summed E-state index contributed by atoms with van der Waals surface area (Å²) in [6, 6.07) is 15.9. The maximum atomic E-state index is 12.0. The molecule has 0 aliphatic carbocycles. The van der Waals surface area contributed by atoms with Gasteiger partial charge in [0.1, 0.15) is 5.82 Å². The van der Waals surface area contributed by atoms with Crippen molar-refractivity contribution in [2.24, 2.45) is 0 Å². The van der Waals surface area contributed by atoms with E-state index in [0.29, 0.717) is 12.4 Å².